The van der Waals surface area contributed by atoms with Crippen molar-refractivity contribution >= 4 is 18.3 Å². The fraction of sp³-hybridized carbons (Fsp3) is 0.400. The van der Waals surface area contributed by atoms with E-state index in [1.807, 2.05) is 64.5 Å². The van der Waals surface area contributed by atoms with Crippen LogP contribution < -0.4 is 9.47 Å². The maximum atomic E-state index is 13.7. The fourth-order valence-electron chi connectivity index (χ4n) is 5.69. The lowest BCUT2D eigenvalue weighted by Gasteiger charge is -2.25. The van der Waals surface area contributed by atoms with E-state index in [2.05, 4.69) is 14.7 Å². The molecule has 0 radical (unpaired) electrons. The Kier molecular flexibility index (Phi) is 13.0. The molecule has 12 nitrogen and oxygen atoms in total. The summed E-state index contributed by atoms with van der Waals surface area (Å²) in [5.74, 6) is 2.89. The van der Waals surface area contributed by atoms with Gasteiger partial charge in [-0.2, -0.15) is 0 Å². The molecule has 5 rings (SSSR count). The van der Waals surface area contributed by atoms with Gasteiger partial charge in [-0.15, -0.1) is 0 Å². The van der Waals surface area contributed by atoms with Gasteiger partial charge < -0.3 is 33.5 Å². The van der Waals surface area contributed by atoms with Crippen molar-refractivity contribution in [2.45, 2.75) is 52.5 Å². The molecule has 0 saturated heterocycles. The standard InChI is InChI=1S/C34H41N5O5.CH2O2/c1-25-32(26(2)44-36-25)34(41)39-18-7-6-17-37(31(40)15-14-27-10-4-5-13-30(27)42-3)19-9-23-43-29-12-8-11-28(24-29)33-35-16-20-38(33)21-22-39;2-1-3/h4-5,8,10-13,16,20,24H,6-7,9,14-15,17-19,21-23H2,1-3H3;1H,(H,2,3). The summed E-state index contributed by atoms with van der Waals surface area (Å²) in [7, 11) is 1.65. The van der Waals surface area contributed by atoms with Crippen LogP contribution in [0.4, 0.5) is 0 Å². The first-order valence-corrected chi connectivity index (χ1v) is 15.8. The van der Waals surface area contributed by atoms with Gasteiger partial charge in [0.05, 0.1) is 19.4 Å². The predicted octanol–water partition coefficient (Wildman–Crippen LogP) is 5.03. The summed E-state index contributed by atoms with van der Waals surface area (Å²) in [6.45, 7) is 6.62. The van der Waals surface area contributed by atoms with Crippen LogP contribution in [0.1, 0.15) is 53.1 Å². The van der Waals surface area contributed by atoms with Gasteiger partial charge in [-0.3, -0.25) is 14.4 Å². The van der Waals surface area contributed by atoms with E-state index in [0.717, 1.165) is 41.3 Å². The summed E-state index contributed by atoms with van der Waals surface area (Å²) in [6.07, 6.45) is 6.94. The number of carboxylic acid groups (broad SMARTS) is 1. The molecule has 2 bridgehead atoms. The monoisotopic (exact) mass is 645 g/mol. The molecule has 1 N–H and O–H groups in total. The Morgan fingerprint density at radius 3 is 2.47 bits per heavy atom. The molecule has 0 aliphatic carbocycles. The molecular weight excluding hydrogens is 602 g/mol. The number of hydrogen-bond acceptors (Lipinski definition) is 8. The molecule has 4 aromatic rings. The van der Waals surface area contributed by atoms with E-state index in [9.17, 15) is 9.59 Å². The van der Waals surface area contributed by atoms with Crippen molar-refractivity contribution in [1.29, 1.82) is 0 Å². The van der Waals surface area contributed by atoms with E-state index in [1.54, 1.807) is 27.2 Å². The second-order valence-electron chi connectivity index (χ2n) is 11.2. The molecule has 2 aromatic heterocycles. The molecule has 0 unspecified atom stereocenters. The van der Waals surface area contributed by atoms with E-state index in [4.69, 9.17) is 23.9 Å². The lowest BCUT2D eigenvalue weighted by molar-refractivity contribution is -0.131. The van der Waals surface area contributed by atoms with Gasteiger partial charge in [0.2, 0.25) is 5.91 Å². The van der Waals surface area contributed by atoms with Crippen LogP contribution in [0.3, 0.4) is 0 Å². The number of hydrogen-bond donors (Lipinski definition) is 1. The van der Waals surface area contributed by atoms with Crippen molar-refractivity contribution in [3.8, 4) is 22.9 Å². The quantitative estimate of drug-likeness (QED) is 0.296. The molecule has 3 heterocycles. The van der Waals surface area contributed by atoms with Crippen molar-refractivity contribution in [2.24, 2.45) is 0 Å². The third-order valence-electron chi connectivity index (χ3n) is 8.05. The number of carbonyl (C=O) groups is 3. The minimum absolute atomic E-state index is 0.0963. The second kappa shape index (κ2) is 17.5. The minimum Gasteiger partial charge on any atom is -0.496 e. The second-order valence-corrected chi connectivity index (χ2v) is 11.2. The number of ether oxygens (including phenoxy) is 2. The number of methoxy groups -OCH3 is 1. The van der Waals surface area contributed by atoms with Crippen molar-refractivity contribution in [3.05, 3.63) is 83.5 Å². The van der Waals surface area contributed by atoms with Crippen molar-refractivity contribution in [3.63, 3.8) is 0 Å². The van der Waals surface area contributed by atoms with E-state index < -0.39 is 0 Å². The number of fused-ring (bicyclic) bond motifs is 4. The highest BCUT2D eigenvalue weighted by Crippen LogP contribution is 2.24. The molecule has 0 saturated carbocycles. The Balaban J connectivity index is 0.00000160. The fourth-order valence-corrected chi connectivity index (χ4v) is 5.69. The average molecular weight is 646 g/mol. The number of nitrogens with zero attached hydrogens (tertiary/aromatic N) is 5. The van der Waals surface area contributed by atoms with E-state index in [1.165, 1.54) is 0 Å². The van der Waals surface area contributed by atoms with Crippen LogP contribution >= 0.6 is 0 Å². The Morgan fingerprint density at radius 2 is 1.72 bits per heavy atom. The summed E-state index contributed by atoms with van der Waals surface area (Å²) in [6, 6.07) is 15.7. The molecule has 0 atom stereocenters. The van der Waals surface area contributed by atoms with Crippen LogP contribution in [0.15, 0.2) is 65.4 Å². The summed E-state index contributed by atoms with van der Waals surface area (Å²) in [5, 5.41) is 10.9. The van der Waals surface area contributed by atoms with Crippen LogP contribution in [0.25, 0.3) is 11.4 Å². The first-order valence-electron chi connectivity index (χ1n) is 15.8. The Bertz CT molecular complexity index is 1600. The zero-order valence-electron chi connectivity index (χ0n) is 27.3. The molecule has 0 fully saturated rings. The third-order valence-corrected chi connectivity index (χ3v) is 8.05. The Morgan fingerprint density at radius 1 is 0.979 bits per heavy atom. The first-order chi connectivity index (χ1) is 22.9. The number of carbonyl (C=O) groups excluding carboxylic acids is 2. The molecule has 12 heteroatoms. The van der Waals surface area contributed by atoms with Gasteiger partial charge in [-0.1, -0.05) is 35.5 Å². The maximum Gasteiger partial charge on any atom is 0.290 e. The lowest BCUT2D eigenvalue weighted by Crippen LogP contribution is -2.37. The largest absolute Gasteiger partial charge is 0.496 e. The highest BCUT2D eigenvalue weighted by Gasteiger charge is 2.24. The molecule has 1 aliphatic heterocycles. The number of benzene rings is 2. The highest BCUT2D eigenvalue weighted by atomic mass is 16.5. The first kappa shape index (κ1) is 34.7. The third kappa shape index (κ3) is 9.44. The van der Waals surface area contributed by atoms with Crippen molar-refractivity contribution in [1.82, 2.24) is 24.5 Å². The molecule has 2 aromatic carbocycles. The zero-order valence-corrected chi connectivity index (χ0v) is 27.3. The van der Waals surface area contributed by atoms with Gasteiger partial charge >= 0.3 is 0 Å². The minimum atomic E-state index is -0.250. The number of aryl methyl sites for hydroxylation is 3. The Hall–Kier alpha value is -5.13. The van der Waals surface area contributed by atoms with Gasteiger partial charge in [0.15, 0.2) is 0 Å². The smallest absolute Gasteiger partial charge is 0.290 e. The number of para-hydroxylation sites is 1. The van der Waals surface area contributed by atoms with Crippen LogP contribution in [0.2, 0.25) is 0 Å². The molecular formula is C35H43N5O7. The normalized spacial score (nSPS) is 14.1. The zero-order chi connectivity index (χ0) is 33.6. The summed E-state index contributed by atoms with van der Waals surface area (Å²) < 4.78 is 19.0. The van der Waals surface area contributed by atoms with E-state index >= 15 is 0 Å². The topological polar surface area (TPSA) is 140 Å². The van der Waals surface area contributed by atoms with Gasteiger partial charge in [0.25, 0.3) is 12.4 Å². The predicted molar refractivity (Wildman–Crippen MR) is 175 cm³/mol. The number of aromatic nitrogens is 3. The van der Waals surface area contributed by atoms with E-state index in [-0.39, 0.29) is 18.3 Å². The molecule has 0 spiro atoms. The Labute approximate surface area is 274 Å². The SMILES string of the molecule is COc1ccccc1CCC(=O)N1CCCCN(C(=O)c2c(C)noc2C)CCn2ccnc2-c2cccc(c2)OCCC1.O=CO. The molecule has 47 heavy (non-hydrogen) atoms. The van der Waals surface area contributed by atoms with Gasteiger partial charge in [-0.05, 0) is 63.3 Å². The molecule has 1 aliphatic rings. The summed E-state index contributed by atoms with van der Waals surface area (Å²) in [5.41, 5.74) is 3.06. The van der Waals surface area contributed by atoms with Gasteiger partial charge in [0, 0.05) is 57.1 Å². The van der Waals surface area contributed by atoms with Crippen molar-refractivity contribution in [2.75, 3.05) is 39.9 Å². The average Bonchev–Trinajstić information content (AvgIpc) is 3.69. The van der Waals surface area contributed by atoms with Crippen LogP contribution in [-0.2, 0) is 22.6 Å². The maximum absolute atomic E-state index is 13.7. The van der Waals surface area contributed by atoms with Crippen LogP contribution in [-0.4, -0.2) is 87.8 Å². The molecule has 250 valence electrons. The summed E-state index contributed by atoms with van der Waals surface area (Å²) in [4.78, 5) is 43.9. The van der Waals surface area contributed by atoms with E-state index in [0.29, 0.717) is 75.6 Å². The summed E-state index contributed by atoms with van der Waals surface area (Å²) >= 11 is 0. The van der Waals surface area contributed by atoms with Crippen LogP contribution in [0.5, 0.6) is 11.5 Å². The number of rotatable bonds is 5. The lowest BCUT2D eigenvalue weighted by atomic mass is 10.1. The van der Waals surface area contributed by atoms with Gasteiger partial charge in [0.1, 0.15) is 28.6 Å². The molecule has 2 amide bonds. The number of imidazole rings is 1. The van der Waals surface area contributed by atoms with Crippen molar-refractivity contribution < 1.29 is 33.5 Å². The number of amides is 2. The highest BCUT2D eigenvalue weighted by molar-refractivity contribution is 5.96. The van der Waals surface area contributed by atoms with Gasteiger partial charge in [-0.25, -0.2) is 4.98 Å². The van der Waals surface area contributed by atoms with Crippen LogP contribution in [0, 0.1) is 13.8 Å².